The predicted octanol–water partition coefficient (Wildman–Crippen LogP) is 2.04. The predicted molar refractivity (Wildman–Crippen MR) is 77.6 cm³/mol. The number of nitrogens with one attached hydrogen (secondary N) is 1. The number of hydrogen-bond donors (Lipinski definition) is 2. The number of rotatable bonds is 8. The van der Waals surface area contributed by atoms with Crippen LogP contribution in [0.5, 0.6) is 0 Å². The molecular formula is C15H17N3O3. The molecular weight excluding hydrogens is 270 g/mol. The molecule has 0 atom stereocenters. The SMILES string of the molecule is N#Cc1ccc(/C=N/NC(=O)CCCCCC(=O)O)cc1. The van der Waals surface area contributed by atoms with Crippen molar-refractivity contribution in [2.24, 2.45) is 5.10 Å². The van der Waals surface area contributed by atoms with E-state index in [-0.39, 0.29) is 12.3 Å². The van der Waals surface area contributed by atoms with Gasteiger partial charge in [0, 0.05) is 12.8 Å². The maximum absolute atomic E-state index is 11.4. The molecule has 0 unspecified atom stereocenters. The second-order valence-electron chi connectivity index (χ2n) is 4.48. The molecule has 6 nitrogen and oxygen atoms in total. The van der Waals surface area contributed by atoms with Gasteiger partial charge < -0.3 is 5.11 Å². The van der Waals surface area contributed by atoms with Crippen molar-refractivity contribution in [3.63, 3.8) is 0 Å². The highest BCUT2D eigenvalue weighted by atomic mass is 16.4. The monoisotopic (exact) mass is 287 g/mol. The van der Waals surface area contributed by atoms with E-state index in [0.717, 1.165) is 5.56 Å². The van der Waals surface area contributed by atoms with Gasteiger partial charge in [-0.1, -0.05) is 18.6 Å². The summed E-state index contributed by atoms with van der Waals surface area (Å²) in [6.45, 7) is 0. The number of hydrogen-bond acceptors (Lipinski definition) is 4. The van der Waals surface area contributed by atoms with Crippen LogP contribution in [0.3, 0.4) is 0 Å². The zero-order valence-electron chi connectivity index (χ0n) is 11.6. The molecule has 0 bridgehead atoms. The third kappa shape index (κ3) is 7.47. The number of hydrazone groups is 1. The molecule has 0 spiro atoms. The number of nitrogens with zero attached hydrogens (tertiary/aromatic N) is 2. The Labute approximate surface area is 123 Å². The van der Waals surface area contributed by atoms with Crippen molar-refractivity contribution in [1.82, 2.24) is 5.43 Å². The van der Waals surface area contributed by atoms with Crippen LogP contribution in [0.2, 0.25) is 0 Å². The van der Waals surface area contributed by atoms with Gasteiger partial charge in [0.25, 0.3) is 0 Å². The largest absolute Gasteiger partial charge is 0.481 e. The minimum atomic E-state index is -0.813. The number of carboxylic acid groups (broad SMARTS) is 1. The van der Waals surface area contributed by atoms with Crippen molar-refractivity contribution in [2.45, 2.75) is 32.1 Å². The van der Waals surface area contributed by atoms with Gasteiger partial charge in [-0.3, -0.25) is 9.59 Å². The van der Waals surface area contributed by atoms with Crippen LogP contribution in [0.1, 0.15) is 43.2 Å². The highest BCUT2D eigenvalue weighted by Crippen LogP contribution is 2.03. The molecule has 0 heterocycles. The van der Waals surface area contributed by atoms with Crippen molar-refractivity contribution < 1.29 is 14.7 Å². The van der Waals surface area contributed by atoms with Gasteiger partial charge in [-0.15, -0.1) is 0 Å². The summed E-state index contributed by atoms with van der Waals surface area (Å²) in [5.74, 6) is -1.01. The van der Waals surface area contributed by atoms with Crippen LogP contribution >= 0.6 is 0 Å². The Balaban J connectivity index is 2.21. The second-order valence-corrected chi connectivity index (χ2v) is 4.48. The van der Waals surface area contributed by atoms with Gasteiger partial charge in [-0.05, 0) is 30.5 Å². The highest BCUT2D eigenvalue weighted by molar-refractivity contribution is 5.82. The average Bonchev–Trinajstić information content (AvgIpc) is 2.47. The third-order valence-electron chi connectivity index (χ3n) is 2.74. The lowest BCUT2D eigenvalue weighted by molar-refractivity contribution is -0.137. The normalized spacial score (nSPS) is 10.2. The van der Waals surface area contributed by atoms with Gasteiger partial charge >= 0.3 is 5.97 Å². The Morgan fingerprint density at radius 2 is 1.86 bits per heavy atom. The molecule has 2 N–H and O–H groups in total. The van der Waals surface area contributed by atoms with Crippen LogP contribution in [-0.4, -0.2) is 23.2 Å². The summed E-state index contributed by atoms with van der Waals surface area (Å²) >= 11 is 0. The van der Waals surface area contributed by atoms with Gasteiger partial charge in [-0.2, -0.15) is 10.4 Å². The van der Waals surface area contributed by atoms with E-state index in [0.29, 0.717) is 31.2 Å². The lowest BCUT2D eigenvalue weighted by Crippen LogP contribution is -2.16. The first-order valence-corrected chi connectivity index (χ1v) is 6.65. The summed E-state index contributed by atoms with van der Waals surface area (Å²) in [6, 6.07) is 8.83. The zero-order chi connectivity index (χ0) is 15.5. The Morgan fingerprint density at radius 3 is 2.48 bits per heavy atom. The summed E-state index contributed by atoms with van der Waals surface area (Å²) in [6.07, 6.45) is 3.90. The molecule has 1 amide bonds. The summed E-state index contributed by atoms with van der Waals surface area (Å²) in [7, 11) is 0. The zero-order valence-corrected chi connectivity index (χ0v) is 11.6. The van der Waals surface area contributed by atoms with Gasteiger partial charge in [0.05, 0.1) is 17.8 Å². The van der Waals surface area contributed by atoms with E-state index in [9.17, 15) is 9.59 Å². The Hall–Kier alpha value is -2.68. The molecule has 1 aromatic rings. The van der Waals surface area contributed by atoms with Crippen molar-refractivity contribution in [3.05, 3.63) is 35.4 Å². The van der Waals surface area contributed by atoms with Crippen molar-refractivity contribution in [2.75, 3.05) is 0 Å². The standard InChI is InChI=1S/C15H17N3O3/c16-10-12-6-8-13(9-7-12)11-17-18-14(19)4-2-1-3-5-15(20)21/h6-9,11H,1-5H2,(H,18,19)(H,20,21)/b17-11+. The lowest BCUT2D eigenvalue weighted by Gasteiger charge is -1.99. The van der Waals surface area contributed by atoms with Gasteiger partial charge in [-0.25, -0.2) is 5.43 Å². The fourth-order valence-corrected chi connectivity index (χ4v) is 1.62. The molecule has 6 heteroatoms. The fraction of sp³-hybridized carbons (Fsp3) is 0.333. The molecule has 0 fully saturated rings. The van der Waals surface area contributed by atoms with Gasteiger partial charge in [0.1, 0.15) is 0 Å². The molecule has 110 valence electrons. The average molecular weight is 287 g/mol. The van der Waals surface area contributed by atoms with Crippen LogP contribution in [0.4, 0.5) is 0 Å². The highest BCUT2D eigenvalue weighted by Gasteiger charge is 2.01. The summed E-state index contributed by atoms with van der Waals surface area (Å²) < 4.78 is 0. The van der Waals surface area contributed by atoms with Gasteiger partial charge in [0.15, 0.2) is 0 Å². The molecule has 0 radical (unpaired) electrons. The molecule has 0 aliphatic heterocycles. The first kappa shape index (κ1) is 16.4. The van der Waals surface area contributed by atoms with Crippen LogP contribution in [0.25, 0.3) is 0 Å². The number of carboxylic acids is 1. The fourth-order valence-electron chi connectivity index (χ4n) is 1.62. The van der Waals surface area contributed by atoms with Crippen LogP contribution < -0.4 is 5.43 Å². The number of amides is 1. The van der Waals surface area contributed by atoms with Gasteiger partial charge in [0.2, 0.25) is 5.91 Å². The molecule has 1 rings (SSSR count). The molecule has 1 aromatic carbocycles. The number of unbranched alkanes of at least 4 members (excludes halogenated alkanes) is 2. The maximum Gasteiger partial charge on any atom is 0.303 e. The molecule has 0 saturated heterocycles. The van der Waals surface area contributed by atoms with E-state index in [1.165, 1.54) is 6.21 Å². The lowest BCUT2D eigenvalue weighted by atomic mass is 10.1. The van der Waals surface area contributed by atoms with Crippen LogP contribution in [0, 0.1) is 11.3 Å². The number of aliphatic carboxylic acids is 1. The quantitative estimate of drug-likeness (QED) is 0.434. The van der Waals surface area contributed by atoms with E-state index >= 15 is 0 Å². The Kier molecular flexibility index (Phi) is 7.22. The van der Waals surface area contributed by atoms with E-state index < -0.39 is 5.97 Å². The second kappa shape index (κ2) is 9.26. The molecule has 21 heavy (non-hydrogen) atoms. The first-order chi connectivity index (χ1) is 10.1. The van der Waals surface area contributed by atoms with E-state index in [1.54, 1.807) is 24.3 Å². The minimum absolute atomic E-state index is 0.137. The maximum atomic E-state index is 11.4. The Bertz CT molecular complexity index is 544. The number of carbonyl (C=O) groups is 2. The third-order valence-corrected chi connectivity index (χ3v) is 2.74. The van der Waals surface area contributed by atoms with Crippen molar-refractivity contribution in [1.29, 1.82) is 5.26 Å². The number of carbonyl (C=O) groups excluding carboxylic acids is 1. The number of benzene rings is 1. The van der Waals surface area contributed by atoms with Crippen molar-refractivity contribution in [3.8, 4) is 6.07 Å². The summed E-state index contributed by atoms with van der Waals surface area (Å²) in [4.78, 5) is 21.7. The smallest absolute Gasteiger partial charge is 0.303 e. The summed E-state index contributed by atoms with van der Waals surface area (Å²) in [5, 5.41) is 20.9. The van der Waals surface area contributed by atoms with Crippen LogP contribution in [0.15, 0.2) is 29.4 Å². The Morgan fingerprint density at radius 1 is 1.19 bits per heavy atom. The topological polar surface area (TPSA) is 103 Å². The minimum Gasteiger partial charge on any atom is -0.481 e. The van der Waals surface area contributed by atoms with E-state index in [2.05, 4.69) is 10.5 Å². The molecule has 0 saturated carbocycles. The molecule has 0 aromatic heterocycles. The number of nitriles is 1. The van der Waals surface area contributed by atoms with E-state index in [1.807, 2.05) is 6.07 Å². The summed E-state index contributed by atoms with van der Waals surface area (Å²) in [5.41, 5.74) is 3.76. The first-order valence-electron chi connectivity index (χ1n) is 6.65. The van der Waals surface area contributed by atoms with Crippen molar-refractivity contribution >= 4 is 18.1 Å². The molecule has 0 aliphatic carbocycles. The van der Waals surface area contributed by atoms with E-state index in [4.69, 9.17) is 10.4 Å². The van der Waals surface area contributed by atoms with Crippen LogP contribution in [-0.2, 0) is 9.59 Å². The molecule has 0 aliphatic rings.